The van der Waals surface area contributed by atoms with Gasteiger partial charge < -0.3 is 19.6 Å². The molecular formula is C14H21NO4. The molecule has 1 heterocycles. The van der Waals surface area contributed by atoms with E-state index in [4.69, 9.17) is 9.15 Å². The van der Waals surface area contributed by atoms with Crippen molar-refractivity contribution in [2.24, 2.45) is 5.41 Å². The number of carbonyl (C=O) groups is 1. The summed E-state index contributed by atoms with van der Waals surface area (Å²) in [6.07, 6.45) is 3.52. The second-order valence-electron chi connectivity index (χ2n) is 5.58. The van der Waals surface area contributed by atoms with Gasteiger partial charge >= 0.3 is 0 Å². The molecule has 1 aliphatic rings. The van der Waals surface area contributed by atoms with Gasteiger partial charge in [-0.25, -0.2) is 0 Å². The Morgan fingerprint density at radius 3 is 2.84 bits per heavy atom. The number of aliphatic hydroxyl groups is 1. The maximum atomic E-state index is 12.1. The number of aliphatic hydroxyl groups excluding tert-OH is 1. The Morgan fingerprint density at radius 2 is 2.37 bits per heavy atom. The highest BCUT2D eigenvalue weighted by Gasteiger charge is 2.61. The zero-order valence-electron chi connectivity index (χ0n) is 11.6. The van der Waals surface area contributed by atoms with E-state index in [0.717, 1.165) is 0 Å². The molecule has 0 radical (unpaired) electrons. The lowest BCUT2D eigenvalue weighted by Crippen LogP contribution is -2.74. The summed E-state index contributed by atoms with van der Waals surface area (Å²) < 4.78 is 10.5. The zero-order valence-corrected chi connectivity index (χ0v) is 11.6. The highest BCUT2D eigenvalue weighted by molar-refractivity contribution is 5.94. The van der Waals surface area contributed by atoms with Crippen LogP contribution in [0.15, 0.2) is 23.0 Å². The first-order chi connectivity index (χ1) is 8.97. The molecule has 106 valence electrons. The van der Waals surface area contributed by atoms with Crippen LogP contribution in [0.5, 0.6) is 0 Å². The van der Waals surface area contributed by atoms with Crippen molar-refractivity contribution in [2.75, 3.05) is 13.2 Å². The molecular weight excluding hydrogens is 246 g/mol. The average Bonchev–Trinajstić information content (AvgIpc) is 2.90. The highest BCUT2D eigenvalue weighted by atomic mass is 16.5. The lowest BCUT2D eigenvalue weighted by Gasteiger charge is -2.60. The molecule has 2 rings (SSSR count). The molecule has 1 aromatic heterocycles. The Morgan fingerprint density at radius 1 is 1.63 bits per heavy atom. The average molecular weight is 267 g/mol. The van der Waals surface area contributed by atoms with Crippen LogP contribution in [-0.2, 0) is 4.74 Å². The molecule has 1 amide bonds. The van der Waals surface area contributed by atoms with Crippen molar-refractivity contribution >= 4 is 5.91 Å². The molecule has 19 heavy (non-hydrogen) atoms. The Hall–Kier alpha value is -1.33. The van der Waals surface area contributed by atoms with Gasteiger partial charge in [0.1, 0.15) is 6.26 Å². The predicted octanol–water partition coefficient (Wildman–Crippen LogP) is 1.58. The van der Waals surface area contributed by atoms with Crippen LogP contribution in [0.2, 0.25) is 0 Å². The number of furan rings is 1. The molecule has 0 unspecified atom stereocenters. The lowest BCUT2D eigenvalue weighted by molar-refractivity contribution is -0.172. The number of amides is 1. The van der Waals surface area contributed by atoms with Gasteiger partial charge in [-0.05, 0) is 13.0 Å². The third-order valence-electron chi connectivity index (χ3n) is 4.35. The van der Waals surface area contributed by atoms with E-state index >= 15 is 0 Å². The maximum Gasteiger partial charge on any atom is 0.255 e. The van der Waals surface area contributed by atoms with E-state index in [2.05, 4.69) is 5.32 Å². The fourth-order valence-electron chi connectivity index (χ4n) is 2.68. The molecule has 0 aromatic carbocycles. The summed E-state index contributed by atoms with van der Waals surface area (Å²) in [5.41, 5.74) is -0.485. The smallest absolute Gasteiger partial charge is 0.255 e. The lowest BCUT2D eigenvalue weighted by atomic mass is 9.54. The minimum absolute atomic E-state index is 0.0503. The third-order valence-corrected chi connectivity index (χ3v) is 4.35. The van der Waals surface area contributed by atoms with Gasteiger partial charge in [-0.1, -0.05) is 13.8 Å². The number of carbonyl (C=O) groups excluding carboxylic acids is 1. The second-order valence-corrected chi connectivity index (χ2v) is 5.58. The van der Waals surface area contributed by atoms with Gasteiger partial charge in [-0.3, -0.25) is 4.79 Å². The van der Waals surface area contributed by atoms with Crippen molar-refractivity contribution in [1.82, 2.24) is 5.32 Å². The molecule has 1 saturated carbocycles. The quantitative estimate of drug-likeness (QED) is 0.849. The van der Waals surface area contributed by atoms with Crippen LogP contribution in [0, 0.1) is 5.41 Å². The van der Waals surface area contributed by atoms with Crippen LogP contribution in [0.1, 0.15) is 37.6 Å². The van der Waals surface area contributed by atoms with Crippen LogP contribution < -0.4 is 5.32 Å². The van der Waals surface area contributed by atoms with Gasteiger partial charge in [0.15, 0.2) is 0 Å². The van der Waals surface area contributed by atoms with Gasteiger partial charge in [0, 0.05) is 18.4 Å². The molecule has 5 nitrogen and oxygen atoms in total. The number of hydrogen-bond acceptors (Lipinski definition) is 4. The number of hydrogen-bond donors (Lipinski definition) is 2. The van der Waals surface area contributed by atoms with Gasteiger partial charge in [0.25, 0.3) is 5.91 Å². The van der Waals surface area contributed by atoms with E-state index < -0.39 is 5.54 Å². The van der Waals surface area contributed by atoms with Gasteiger partial charge in [0.2, 0.25) is 0 Å². The molecule has 1 aromatic rings. The van der Waals surface area contributed by atoms with Crippen LogP contribution in [0.25, 0.3) is 0 Å². The first kappa shape index (κ1) is 14.1. The van der Waals surface area contributed by atoms with Crippen molar-refractivity contribution in [3.63, 3.8) is 0 Å². The molecule has 1 fully saturated rings. The Bertz CT molecular complexity index is 440. The van der Waals surface area contributed by atoms with Gasteiger partial charge in [-0.15, -0.1) is 0 Å². The minimum Gasteiger partial charge on any atom is -0.472 e. The summed E-state index contributed by atoms with van der Waals surface area (Å²) in [7, 11) is 0. The third kappa shape index (κ3) is 2.17. The standard InChI is InChI=1S/C14H21NO4/c1-4-19-11-7-14(9-16,13(11,2)3)15-12(17)10-5-6-18-8-10/h5-6,8,11,16H,4,7,9H2,1-3H3,(H,15,17)/t11-,14-/m0/s1. The predicted molar refractivity (Wildman–Crippen MR) is 69.8 cm³/mol. The number of rotatable bonds is 5. The van der Waals surface area contributed by atoms with E-state index in [9.17, 15) is 9.90 Å². The molecule has 0 aliphatic heterocycles. The molecule has 1 aliphatic carbocycles. The minimum atomic E-state index is -0.638. The van der Waals surface area contributed by atoms with Crippen molar-refractivity contribution in [1.29, 1.82) is 0 Å². The normalized spacial score (nSPS) is 28.7. The van der Waals surface area contributed by atoms with E-state index in [1.807, 2.05) is 20.8 Å². The molecule has 0 spiro atoms. The molecule has 2 N–H and O–H groups in total. The summed E-state index contributed by atoms with van der Waals surface area (Å²) in [5, 5.41) is 12.6. The number of nitrogens with one attached hydrogen (secondary N) is 1. The van der Waals surface area contributed by atoms with Crippen molar-refractivity contribution in [3.05, 3.63) is 24.2 Å². The molecule has 0 saturated heterocycles. The zero-order chi connectivity index (χ0) is 14.1. The van der Waals surface area contributed by atoms with Gasteiger partial charge in [-0.2, -0.15) is 0 Å². The van der Waals surface area contributed by atoms with Crippen LogP contribution in [0.4, 0.5) is 0 Å². The van der Waals surface area contributed by atoms with Crippen molar-refractivity contribution in [3.8, 4) is 0 Å². The van der Waals surface area contributed by atoms with Crippen molar-refractivity contribution in [2.45, 2.75) is 38.8 Å². The fraction of sp³-hybridized carbons (Fsp3) is 0.643. The van der Waals surface area contributed by atoms with Crippen LogP contribution >= 0.6 is 0 Å². The second kappa shape index (κ2) is 4.98. The Kier molecular flexibility index (Phi) is 3.69. The van der Waals surface area contributed by atoms with E-state index in [-0.39, 0.29) is 24.0 Å². The van der Waals surface area contributed by atoms with Crippen LogP contribution in [0.3, 0.4) is 0 Å². The maximum absolute atomic E-state index is 12.1. The monoisotopic (exact) mass is 267 g/mol. The summed E-state index contributed by atoms with van der Waals surface area (Å²) >= 11 is 0. The largest absolute Gasteiger partial charge is 0.472 e. The summed E-state index contributed by atoms with van der Waals surface area (Å²) in [4.78, 5) is 12.1. The summed E-state index contributed by atoms with van der Waals surface area (Å²) in [6.45, 7) is 6.48. The van der Waals surface area contributed by atoms with E-state index in [1.165, 1.54) is 12.5 Å². The van der Waals surface area contributed by atoms with Crippen LogP contribution in [-0.4, -0.2) is 35.9 Å². The summed E-state index contributed by atoms with van der Waals surface area (Å²) in [5.74, 6) is -0.231. The van der Waals surface area contributed by atoms with E-state index in [1.54, 1.807) is 6.07 Å². The summed E-state index contributed by atoms with van der Waals surface area (Å²) in [6, 6.07) is 1.60. The van der Waals surface area contributed by atoms with E-state index in [0.29, 0.717) is 18.6 Å². The Balaban J connectivity index is 2.11. The highest BCUT2D eigenvalue weighted by Crippen LogP contribution is 2.51. The molecule has 5 heteroatoms. The SMILES string of the molecule is CCO[C@H]1C[C@@](CO)(NC(=O)c2ccoc2)C1(C)C. The molecule has 2 atom stereocenters. The fourth-order valence-corrected chi connectivity index (χ4v) is 2.68. The topological polar surface area (TPSA) is 71.7 Å². The molecule has 0 bridgehead atoms. The van der Waals surface area contributed by atoms with Gasteiger partial charge in [0.05, 0.1) is 30.1 Å². The first-order valence-corrected chi connectivity index (χ1v) is 6.54. The van der Waals surface area contributed by atoms with Crippen molar-refractivity contribution < 1.29 is 19.1 Å². The number of ether oxygens (including phenoxy) is 1. The Labute approximate surface area is 112 Å². The first-order valence-electron chi connectivity index (χ1n) is 6.54.